The zero-order valence-electron chi connectivity index (χ0n) is 12.7. The first-order valence-electron chi connectivity index (χ1n) is 7.77. The summed E-state index contributed by atoms with van der Waals surface area (Å²) >= 11 is 0. The highest BCUT2D eigenvalue weighted by molar-refractivity contribution is 5.27. The summed E-state index contributed by atoms with van der Waals surface area (Å²) < 4.78 is 10.7. The fourth-order valence-corrected chi connectivity index (χ4v) is 2.87. The summed E-state index contributed by atoms with van der Waals surface area (Å²) in [5.41, 5.74) is 1.38. The standard InChI is InChI=1S/C17H27NO2/c1-3-10-18-17(15-8-11-20-12-9-15)13-14-4-6-16(19-2)7-5-14/h4-7,15,17-18H,3,8-13H2,1-2H3. The predicted molar refractivity (Wildman–Crippen MR) is 82.3 cm³/mol. The lowest BCUT2D eigenvalue weighted by Gasteiger charge is -2.31. The normalized spacial score (nSPS) is 17.9. The van der Waals surface area contributed by atoms with Crippen molar-refractivity contribution < 1.29 is 9.47 Å². The summed E-state index contributed by atoms with van der Waals surface area (Å²) in [4.78, 5) is 0. The Labute approximate surface area is 122 Å². The van der Waals surface area contributed by atoms with Crippen LogP contribution in [0.1, 0.15) is 31.7 Å². The van der Waals surface area contributed by atoms with Crippen molar-refractivity contribution >= 4 is 0 Å². The van der Waals surface area contributed by atoms with Crippen LogP contribution in [0.4, 0.5) is 0 Å². The summed E-state index contributed by atoms with van der Waals surface area (Å²) in [6.07, 6.45) is 4.63. The van der Waals surface area contributed by atoms with Gasteiger partial charge in [-0.3, -0.25) is 0 Å². The van der Waals surface area contributed by atoms with E-state index in [1.54, 1.807) is 7.11 Å². The molecule has 0 bridgehead atoms. The van der Waals surface area contributed by atoms with Gasteiger partial charge in [-0.25, -0.2) is 0 Å². The van der Waals surface area contributed by atoms with Gasteiger partial charge in [0.15, 0.2) is 0 Å². The second kappa shape index (κ2) is 8.28. The maximum absolute atomic E-state index is 5.49. The SMILES string of the molecule is CCCNC(Cc1ccc(OC)cc1)C1CCOCC1. The van der Waals surface area contributed by atoms with Crippen molar-refractivity contribution in [1.82, 2.24) is 5.32 Å². The van der Waals surface area contributed by atoms with Crippen LogP contribution in [0.15, 0.2) is 24.3 Å². The Morgan fingerprint density at radius 2 is 1.95 bits per heavy atom. The average molecular weight is 277 g/mol. The Bertz CT molecular complexity index is 371. The van der Waals surface area contributed by atoms with E-state index in [0.717, 1.165) is 37.8 Å². The number of ether oxygens (including phenoxy) is 2. The molecular formula is C17H27NO2. The minimum Gasteiger partial charge on any atom is -0.497 e. The first kappa shape index (κ1) is 15.3. The van der Waals surface area contributed by atoms with Gasteiger partial charge in [0.2, 0.25) is 0 Å². The highest BCUT2D eigenvalue weighted by atomic mass is 16.5. The molecule has 20 heavy (non-hydrogen) atoms. The minimum absolute atomic E-state index is 0.562. The summed E-state index contributed by atoms with van der Waals surface area (Å²) in [5, 5.41) is 3.73. The Hall–Kier alpha value is -1.06. The second-order valence-corrected chi connectivity index (χ2v) is 5.56. The lowest BCUT2D eigenvalue weighted by Crippen LogP contribution is -2.41. The predicted octanol–water partition coefficient (Wildman–Crippen LogP) is 3.03. The van der Waals surface area contributed by atoms with Crippen molar-refractivity contribution in [3.05, 3.63) is 29.8 Å². The average Bonchev–Trinajstić information content (AvgIpc) is 2.53. The van der Waals surface area contributed by atoms with E-state index < -0.39 is 0 Å². The lowest BCUT2D eigenvalue weighted by molar-refractivity contribution is 0.0538. The second-order valence-electron chi connectivity index (χ2n) is 5.56. The van der Waals surface area contributed by atoms with Crippen molar-refractivity contribution in [2.45, 2.75) is 38.6 Å². The van der Waals surface area contributed by atoms with Gasteiger partial charge in [0.05, 0.1) is 7.11 Å². The van der Waals surface area contributed by atoms with Gasteiger partial charge in [0, 0.05) is 19.3 Å². The van der Waals surface area contributed by atoms with Gasteiger partial charge in [0.1, 0.15) is 5.75 Å². The van der Waals surface area contributed by atoms with Crippen molar-refractivity contribution in [3.63, 3.8) is 0 Å². The van der Waals surface area contributed by atoms with Gasteiger partial charge >= 0.3 is 0 Å². The Morgan fingerprint density at radius 1 is 1.25 bits per heavy atom. The van der Waals surface area contributed by atoms with E-state index in [9.17, 15) is 0 Å². The minimum atomic E-state index is 0.562. The van der Waals surface area contributed by atoms with Crippen LogP contribution in [0.25, 0.3) is 0 Å². The molecule has 0 aliphatic carbocycles. The molecule has 3 nitrogen and oxygen atoms in total. The van der Waals surface area contributed by atoms with Crippen LogP contribution < -0.4 is 10.1 Å². The third-order valence-corrected chi connectivity index (χ3v) is 4.11. The lowest BCUT2D eigenvalue weighted by atomic mass is 9.87. The Balaban J connectivity index is 1.97. The van der Waals surface area contributed by atoms with Crippen molar-refractivity contribution in [2.75, 3.05) is 26.9 Å². The van der Waals surface area contributed by atoms with E-state index in [-0.39, 0.29) is 0 Å². The van der Waals surface area contributed by atoms with Gasteiger partial charge < -0.3 is 14.8 Å². The Morgan fingerprint density at radius 3 is 2.55 bits per heavy atom. The van der Waals surface area contributed by atoms with Gasteiger partial charge in [0.25, 0.3) is 0 Å². The molecule has 0 radical (unpaired) electrons. The van der Waals surface area contributed by atoms with Crippen molar-refractivity contribution in [1.29, 1.82) is 0 Å². The quantitative estimate of drug-likeness (QED) is 0.831. The molecule has 0 saturated carbocycles. The molecule has 0 spiro atoms. The van der Waals surface area contributed by atoms with E-state index in [2.05, 4.69) is 36.5 Å². The summed E-state index contributed by atoms with van der Waals surface area (Å²) in [5.74, 6) is 1.66. The largest absolute Gasteiger partial charge is 0.497 e. The summed E-state index contributed by atoms with van der Waals surface area (Å²) in [6.45, 7) is 5.15. The van der Waals surface area contributed by atoms with Crippen molar-refractivity contribution in [3.8, 4) is 5.75 Å². The molecule has 1 heterocycles. The van der Waals surface area contributed by atoms with Gasteiger partial charge in [-0.15, -0.1) is 0 Å². The summed E-state index contributed by atoms with van der Waals surface area (Å²) in [6, 6.07) is 9.02. The number of nitrogens with one attached hydrogen (secondary N) is 1. The van der Waals surface area contributed by atoms with Crippen LogP contribution in [0.2, 0.25) is 0 Å². The molecule has 1 aromatic rings. The zero-order chi connectivity index (χ0) is 14.2. The van der Waals surface area contributed by atoms with Crippen LogP contribution in [0.5, 0.6) is 5.75 Å². The van der Waals surface area contributed by atoms with Gasteiger partial charge in [-0.05, 0) is 55.8 Å². The highest BCUT2D eigenvalue weighted by Gasteiger charge is 2.23. The molecule has 1 aromatic carbocycles. The zero-order valence-corrected chi connectivity index (χ0v) is 12.7. The molecule has 112 valence electrons. The number of benzene rings is 1. The molecule has 1 unspecified atom stereocenters. The molecule has 0 aromatic heterocycles. The third-order valence-electron chi connectivity index (χ3n) is 4.11. The smallest absolute Gasteiger partial charge is 0.118 e. The molecule has 1 fully saturated rings. The summed E-state index contributed by atoms with van der Waals surface area (Å²) in [7, 11) is 1.71. The number of hydrogen-bond acceptors (Lipinski definition) is 3. The van der Waals surface area contributed by atoms with E-state index in [1.165, 1.54) is 24.8 Å². The van der Waals surface area contributed by atoms with Crippen LogP contribution in [-0.4, -0.2) is 32.9 Å². The molecule has 0 amide bonds. The topological polar surface area (TPSA) is 30.5 Å². The van der Waals surface area contributed by atoms with Crippen LogP contribution in [0, 0.1) is 5.92 Å². The van der Waals surface area contributed by atoms with Gasteiger partial charge in [-0.2, -0.15) is 0 Å². The molecule has 1 aliphatic heterocycles. The Kier molecular flexibility index (Phi) is 6.34. The monoisotopic (exact) mass is 277 g/mol. The molecule has 1 atom stereocenters. The van der Waals surface area contributed by atoms with Crippen LogP contribution >= 0.6 is 0 Å². The van der Waals surface area contributed by atoms with E-state index in [0.29, 0.717) is 6.04 Å². The van der Waals surface area contributed by atoms with E-state index >= 15 is 0 Å². The number of hydrogen-bond donors (Lipinski definition) is 1. The first-order chi connectivity index (χ1) is 9.83. The molecule has 2 rings (SSSR count). The molecule has 3 heteroatoms. The molecule has 1 N–H and O–H groups in total. The highest BCUT2D eigenvalue weighted by Crippen LogP contribution is 2.22. The number of rotatable bonds is 7. The molecule has 1 aliphatic rings. The fourth-order valence-electron chi connectivity index (χ4n) is 2.87. The van der Waals surface area contributed by atoms with Crippen molar-refractivity contribution in [2.24, 2.45) is 5.92 Å². The first-order valence-corrected chi connectivity index (χ1v) is 7.77. The fraction of sp³-hybridized carbons (Fsp3) is 0.647. The van der Waals surface area contributed by atoms with Crippen LogP contribution in [0.3, 0.4) is 0 Å². The maximum atomic E-state index is 5.49. The third kappa shape index (κ3) is 4.50. The van der Waals surface area contributed by atoms with Gasteiger partial charge in [-0.1, -0.05) is 19.1 Å². The molecule has 1 saturated heterocycles. The maximum Gasteiger partial charge on any atom is 0.118 e. The number of methoxy groups -OCH3 is 1. The molecular weight excluding hydrogens is 250 g/mol. The van der Waals surface area contributed by atoms with E-state index in [4.69, 9.17) is 9.47 Å². The van der Waals surface area contributed by atoms with E-state index in [1.807, 2.05) is 0 Å². The van der Waals surface area contributed by atoms with Crippen LogP contribution in [-0.2, 0) is 11.2 Å².